The topological polar surface area (TPSA) is 59.0 Å². The Bertz CT molecular complexity index is 1070. The number of piperidine rings is 1. The van der Waals surface area contributed by atoms with Gasteiger partial charge in [-0.1, -0.05) is 11.6 Å². The second-order valence-electron chi connectivity index (χ2n) is 7.52. The Balaban J connectivity index is 1.39. The van der Waals surface area contributed by atoms with E-state index < -0.39 is 0 Å². The first kappa shape index (κ1) is 18.6. The molecule has 148 valence electrons. The van der Waals surface area contributed by atoms with Gasteiger partial charge in [-0.3, -0.25) is 4.79 Å². The fraction of sp³-hybridized carbons (Fsp3) is 0.333. The van der Waals surface area contributed by atoms with Crippen LogP contribution in [0.15, 0.2) is 36.0 Å². The molecule has 2 atom stereocenters. The molecule has 4 heterocycles. The van der Waals surface area contributed by atoms with E-state index in [0.29, 0.717) is 23.0 Å². The van der Waals surface area contributed by atoms with Crippen molar-refractivity contribution in [3.63, 3.8) is 0 Å². The molecule has 0 unspecified atom stereocenters. The largest absolute Gasteiger partial charge is 0.335 e. The van der Waals surface area contributed by atoms with Crippen LogP contribution in [0.3, 0.4) is 0 Å². The molecular weight excluding hydrogens is 411 g/mol. The molecular formula is C21H18ClFN4OS. The lowest BCUT2D eigenvalue weighted by Crippen LogP contribution is -2.45. The number of hydrogen-bond donors (Lipinski definition) is 0. The predicted octanol–water partition coefficient (Wildman–Crippen LogP) is 4.73. The molecule has 8 heteroatoms. The average Bonchev–Trinajstić information content (AvgIpc) is 3.18. The first-order valence-corrected chi connectivity index (χ1v) is 10.9. The van der Waals surface area contributed by atoms with E-state index in [2.05, 4.69) is 9.97 Å². The van der Waals surface area contributed by atoms with Crippen molar-refractivity contribution in [2.24, 2.45) is 0 Å². The van der Waals surface area contributed by atoms with E-state index in [-0.39, 0.29) is 23.7 Å². The monoisotopic (exact) mass is 428 g/mol. The minimum Gasteiger partial charge on any atom is -0.335 e. The van der Waals surface area contributed by atoms with Crippen molar-refractivity contribution in [3.05, 3.63) is 62.9 Å². The zero-order valence-electron chi connectivity index (χ0n) is 15.5. The summed E-state index contributed by atoms with van der Waals surface area (Å²) in [6.45, 7) is 0.634. The molecule has 0 radical (unpaired) electrons. The van der Waals surface area contributed by atoms with Crippen molar-refractivity contribution >= 4 is 28.8 Å². The summed E-state index contributed by atoms with van der Waals surface area (Å²) >= 11 is 7.44. The zero-order chi connectivity index (χ0) is 20.0. The van der Waals surface area contributed by atoms with Gasteiger partial charge < -0.3 is 4.90 Å². The summed E-state index contributed by atoms with van der Waals surface area (Å²) < 4.78 is 13.6. The summed E-state index contributed by atoms with van der Waals surface area (Å²) in [7, 11) is 0. The minimum absolute atomic E-state index is 0.00464. The summed E-state index contributed by atoms with van der Waals surface area (Å²) in [6, 6.07) is 4.70. The molecule has 0 bridgehead atoms. The Labute approximate surface area is 176 Å². The molecule has 1 amide bonds. The quantitative estimate of drug-likeness (QED) is 0.592. The maximum Gasteiger partial charge on any atom is 0.254 e. The van der Waals surface area contributed by atoms with E-state index >= 15 is 0 Å². The molecule has 5 rings (SSSR count). The first-order valence-electron chi connectivity index (χ1n) is 9.61. The number of rotatable bonds is 2. The van der Waals surface area contributed by atoms with Gasteiger partial charge in [-0.05, 0) is 49.4 Å². The van der Waals surface area contributed by atoms with Crippen LogP contribution in [0.25, 0.3) is 11.5 Å². The lowest BCUT2D eigenvalue weighted by molar-refractivity contribution is 0.0588. The van der Waals surface area contributed by atoms with E-state index in [0.717, 1.165) is 41.9 Å². The van der Waals surface area contributed by atoms with Crippen LogP contribution < -0.4 is 0 Å². The Hall–Kier alpha value is -2.38. The smallest absolute Gasteiger partial charge is 0.254 e. The van der Waals surface area contributed by atoms with Gasteiger partial charge >= 0.3 is 0 Å². The molecule has 3 aromatic rings. The molecule has 0 N–H and O–H groups in total. The van der Waals surface area contributed by atoms with Crippen molar-refractivity contribution in [3.8, 4) is 11.5 Å². The van der Waals surface area contributed by atoms with Gasteiger partial charge in [0.05, 0.1) is 10.0 Å². The van der Waals surface area contributed by atoms with E-state index in [9.17, 15) is 9.18 Å². The number of aryl methyl sites for hydroxylation is 1. The molecule has 2 aromatic heterocycles. The van der Waals surface area contributed by atoms with Crippen LogP contribution in [0.1, 0.15) is 46.1 Å². The van der Waals surface area contributed by atoms with Crippen LogP contribution in [-0.4, -0.2) is 38.3 Å². The number of benzene rings is 1. The molecule has 0 spiro atoms. The third-order valence-electron chi connectivity index (χ3n) is 5.73. The highest BCUT2D eigenvalue weighted by molar-refractivity contribution is 7.10. The van der Waals surface area contributed by atoms with E-state index in [1.54, 1.807) is 29.8 Å². The summed E-state index contributed by atoms with van der Waals surface area (Å²) in [5, 5.41) is 3.43. The van der Waals surface area contributed by atoms with Crippen LogP contribution >= 0.6 is 22.9 Å². The standard InChI is InChI=1S/C21H18ClFN4OS/c22-14-8-24-19(25-9-14)18-11-29-20(26-18)13-2-5-16-4-1-12-7-15(23)3-6-17(12)21(28)27(16)10-13/h3,6-9,11,13,16H,1-2,4-5,10H2/t13-,16+/m0/s1. The van der Waals surface area contributed by atoms with Gasteiger partial charge in [0.2, 0.25) is 0 Å². The SMILES string of the molecule is O=C1c2ccc(F)cc2CC[C@@H]2CC[C@H](c3nc(-c4ncc(Cl)cn4)cs3)CN12. The highest BCUT2D eigenvalue weighted by atomic mass is 35.5. The van der Waals surface area contributed by atoms with Crippen molar-refractivity contribution in [1.29, 1.82) is 0 Å². The van der Waals surface area contributed by atoms with Gasteiger partial charge in [0.15, 0.2) is 5.82 Å². The third-order valence-corrected chi connectivity index (χ3v) is 6.93. The maximum absolute atomic E-state index is 13.6. The predicted molar refractivity (Wildman–Crippen MR) is 110 cm³/mol. The van der Waals surface area contributed by atoms with E-state index in [1.807, 2.05) is 10.3 Å². The Morgan fingerprint density at radius 1 is 1.17 bits per heavy atom. The Kier molecular flexibility index (Phi) is 4.80. The fourth-order valence-electron chi connectivity index (χ4n) is 4.25. The van der Waals surface area contributed by atoms with E-state index in [1.165, 1.54) is 12.1 Å². The molecule has 1 aromatic carbocycles. The van der Waals surface area contributed by atoms with Crippen LogP contribution in [0.4, 0.5) is 4.39 Å². The van der Waals surface area contributed by atoms with Gasteiger partial charge in [0, 0.05) is 41.8 Å². The second-order valence-corrected chi connectivity index (χ2v) is 8.85. The third kappa shape index (κ3) is 3.53. The van der Waals surface area contributed by atoms with Crippen molar-refractivity contribution in [1.82, 2.24) is 19.9 Å². The zero-order valence-corrected chi connectivity index (χ0v) is 17.1. The van der Waals surface area contributed by atoms with Gasteiger partial charge in [0.1, 0.15) is 11.5 Å². The molecule has 0 aliphatic carbocycles. The summed E-state index contributed by atoms with van der Waals surface area (Å²) in [5.74, 6) is 0.453. The number of hydrogen-bond acceptors (Lipinski definition) is 5. The average molecular weight is 429 g/mol. The molecule has 5 nitrogen and oxygen atoms in total. The molecule has 0 saturated carbocycles. The molecule has 2 aliphatic heterocycles. The number of aromatic nitrogens is 3. The number of fused-ring (bicyclic) bond motifs is 2. The number of halogens is 2. The number of thiazole rings is 1. The number of carbonyl (C=O) groups is 1. The molecule has 29 heavy (non-hydrogen) atoms. The lowest BCUT2D eigenvalue weighted by Gasteiger charge is -2.38. The van der Waals surface area contributed by atoms with Crippen LogP contribution in [0.2, 0.25) is 5.02 Å². The molecule has 1 saturated heterocycles. The highest BCUT2D eigenvalue weighted by Crippen LogP contribution is 2.37. The normalized spacial score (nSPS) is 21.4. The van der Waals surface area contributed by atoms with Crippen LogP contribution in [-0.2, 0) is 6.42 Å². The summed E-state index contributed by atoms with van der Waals surface area (Å²) in [4.78, 5) is 28.4. The fourth-order valence-corrected chi connectivity index (χ4v) is 5.28. The van der Waals surface area contributed by atoms with Crippen molar-refractivity contribution in [2.75, 3.05) is 6.54 Å². The summed E-state index contributed by atoms with van der Waals surface area (Å²) in [6.07, 6.45) is 6.64. The molecule has 2 aliphatic rings. The number of nitrogens with zero attached hydrogens (tertiary/aromatic N) is 4. The van der Waals surface area contributed by atoms with Gasteiger partial charge in [-0.25, -0.2) is 19.3 Å². The van der Waals surface area contributed by atoms with Gasteiger partial charge in [-0.15, -0.1) is 11.3 Å². The van der Waals surface area contributed by atoms with Gasteiger partial charge in [0.25, 0.3) is 5.91 Å². The minimum atomic E-state index is -0.283. The maximum atomic E-state index is 13.6. The lowest BCUT2D eigenvalue weighted by atomic mass is 9.91. The van der Waals surface area contributed by atoms with Gasteiger partial charge in [-0.2, -0.15) is 0 Å². The van der Waals surface area contributed by atoms with E-state index in [4.69, 9.17) is 16.6 Å². The summed E-state index contributed by atoms with van der Waals surface area (Å²) in [5.41, 5.74) is 2.17. The Morgan fingerprint density at radius 3 is 2.83 bits per heavy atom. The molecule has 1 fully saturated rings. The number of amides is 1. The number of carbonyl (C=O) groups excluding carboxylic acids is 1. The highest BCUT2D eigenvalue weighted by Gasteiger charge is 2.36. The van der Waals surface area contributed by atoms with Crippen LogP contribution in [0, 0.1) is 5.82 Å². The second kappa shape index (κ2) is 7.46. The van der Waals surface area contributed by atoms with Crippen LogP contribution in [0.5, 0.6) is 0 Å². The first-order chi connectivity index (χ1) is 14.1. The van der Waals surface area contributed by atoms with Crippen molar-refractivity contribution < 1.29 is 9.18 Å². The van der Waals surface area contributed by atoms with Crippen molar-refractivity contribution in [2.45, 2.75) is 37.6 Å². The Morgan fingerprint density at radius 2 is 2.00 bits per heavy atom.